The first-order valence-electron chi connectivity index (χ1n) is 6.07. The first-order chi connectivity index (χ1) is 7.47. The molecule has 0 aliphatic carbocycles. The molecule has 2 nitrogen and oxygen atoms in total. The molecule has 0 bridgehead atoms. The lowest BCUT2D eigenvalue weighted by atomic mass is 9.83. The minimum atomic E-state index is 0.191. The number of rotatable bonds is 2. The molecule has 1 heterocycles. The molecule has 16 heavy (non-hydrogen) atoms. The Morgan fingerprint density at radius 1 is 1.38 bits per heavy atom. The molecule has 1 aromatic carbocycles. The fourth-order valence-corrected chi connectivity index (χ4v) is 2.18. The van der Waals surface area contributed by atoms with E-state index in [0.717, 1.165) is 12.8 Å². The lowest BCUT2D eigenvalue weighted by molar-refractivity contribution is 0.296. The summed E-state index contributed by atoms with van der Waals surface area (Å²) in [5.74, 6) is 0. The summed E-state index contributed by atoms with van der Waals surface area (Å²) in [6.45, 7) is 6.62. The molecular weight excluding hydrogens is 196 g/mol. The Hall–Kier alpha value is -1.02. The normalized spacial score (nSPS) is 21.4. The van der Waals surface area contributed by atoms with Gasteiger partial charge in [-0.25, -0.2) is 0 Å². The molecule has 2 atom stereocenters. The van der Waals surface area contributed by atoms with Gasteiger partial charge in [0.05, 0.1) is 0 Å². The van der Waals surface area contributed by atoms with E-state index in [-0.39, 0.29) is 11.5 Å². The van der Waals surface area contributed by atoms with Crippen molar-refractivity contribution in [2.75, 3.05) is 5.32 Å². The molecule has 2 heteroatoms. The van der Waals surface area contributed by atoms with Crippen molar-refractivity contribution < 1.29 is 0 Å². The Kier molecular flexibility index (Phi) is 2.94. The van der Waals surface area contributed by atoms with E-state index in [1.807, 2.05) is 0 Å². The van der Waals surface area contributed by atoms with Gasteiger partial charge in [0.15, 0.2) is 0 Å². The van der Waals surface area contributed by atoms with Gasteiger partial charge in [-0.2, -0.15) is 0 Å². The molecule has 0 amide bonds. The van der Waals surface area contributed by atoms with Crippen LogP contribution in [0.2, 0.25) is 0 Å². The number of para-hydroxylation sites is 1. The molecule has 0 aromatic heterocycles. The van der Waals surface area contributed by atoms with Crippen LogP contribution in [0.1, 0.15) is 32.8 Å². The zero-order valence-electron chi connectivity index (χ0n) is 10.5. The van der Waals surface area contributed by atoms with Crippen molar-refractivity contribution in [3.8, 4) is 0 Å². The molecular formula is C14H22N2. The van der Waals surface area contributed by atoms with Gasteiger partial charge in [-0.05, 0) is 29.9 Å². The summed E-state index contributed by atoms with van der Waals surface area (Å²) in [6, 6.07) is 9.29. The Bertz CT molecular complexity index is 340. The van der Waals surface area contributed by atoms with Crippen LogP contribution in [-0.2, 0) is 6.42 Å². The van der Waals surface area contributed by atoms with Gasteiger partial charge in [-0.3, -0.25) is 0 Å². The number of hydrogen-bond donors (Lipinski definition) is 2. The first-order valence-corrected chi connectivity index (χ1v) is 6.07. The molecule has 88 valence electrons. The van der Waals surface area contributed by atoms with Crippen molar-refractivity contribution in [1.29, 1.82) is 0 Å². The highest BCUT2D eigenvalue weighted by Gasteiger charge is 2.27. The predicted molar refractivity (Wildman–Crippen MR) is 69.6 cm³/mol. The number of benzene rings is 1. The molecule has 0 fully saturated rings. The minimum absolute atomic E-state index is 0.191. The molecule has 0 saturated carbocycles. The van der Waals surface area contributed by atoms with Gasteiger partial charge in [-0.1, -0.05) is 39.0 Å². The van der Waals surface area contributed by atoms with Crippen molar-refractivity contribution in [2.45, 2.75) is 45.7 Å². The van der Waals surface area contributed by atoms with Crippen LogP contribution in [-0.4, -0.2) is 12.1 Å². The third kappa shape index (κ3) is 2.38. The fraction of sp³-hybridized carbons (Fsp3) is 0.571. The molecule has 1 aliphatic heterocycles. The zero-order chi connectivity index (χ0) is 11.8. The second-order valence-electron chi connectivity index (χ2n) is 5.91. The maximum Gasteiger partial charge on any atom is 0.0375 e. The lowest BCUT2D eigenvalue weighted by Crippen LogP contribution is -2.39. The molecule has 1 aliphatic rings. The van der Waals surface area contributed by atoms with Crippen LogP contribution >= 0.6 is 0 Å². The third-order valence-corrected chi connectivity index (χ3v) is 3.49. The SMILES string of the molecule is CC(C)(C)C(N)CC1Cc2ccccc2N1. The quantitative estimate of drug-likeness (QED) is 0.801. The van der Waals surface area contributed by atoms with Crippen molar-refractivity contribution >= 4 is 5.69 Å². The second-order valence-corrected chi connectivity index (χ2v) is 5.91. The molecule has 2 rings (SSSR count). The second kappa shape index (κ2) is 4.10. The van der Waals surface area contributed by atoms with Crippen LogP contribution in [0.25, 0.3) is 0 Å². The van der Waals surface area contributed by atoms with Gasteiger partial charge in [0, 0.05) is 17.8 Å². The summed E-state index contributed by atoms with van der Waals surface area (Å²) in [4.78, 5) is 0. The predicted octanol–water partition coefficient (Wildman–Crippen LogP) is 2.79. The molecule has 2 unspecified atom stereocenters. The van der Waals surface area contributed by atoms with Crippen LogP contribution in [0, 0.1) is 5.41 Å². The van der Waals surface area contributed by atoms with E-state index in [4.69, 9.17) is 5.73 Å². The van der Waals surface area contributed by atoms with E-state index in [0.29, 0.717) is 6.04 Å². The number of anilines is 1. The van der Waals surface area contributed by atoms with E-state index >= 15 is 0 Å². The third-order valence-electron chi connectivity index (χ3n) is 3.49. The van der Waals surface area contributed by atoms with Gasteiger partial charge in [-0.15, -0.1) is 0 Å². The average Bonchev–Trinajstić information content (AvgIpc) is 2.58. The molecule has 0 radical (unpaired) electrons. The van der Waals surface area contributed by atoms with Crippen LogP contribution in [0.4, 0.5) is 5.69 Å². The largest absolute Gasteiger partial charge is 0.382 e. The first kappa shape index (κ1) is 11.5. The van der Waals surface area contributed by atoms with Gasteiger partial charge in [0.2, 0.25) is 0 Å². The smallest absolute Gasteiger partial charge is 0.0375 e. The van der Waals surface area contributed by atoms with E-state index in [2.05, 4.69) is 50.4 Å². The zero-order valence-corrected chi connectivity index (χ0v) is 10.5. The molecule has 1 aromatic rings. The van der Waals surface area contributed by atoms with Gasteiger partial charge < -0.3 is 11.1 Å². The highest BCUT2D eigenvalue weighted by molar-refractivity contribution is 5.56. The monoisotopic (exact) mass is 218 g/mol. The van der Waals surface area contributed by atoms with Crippen molar-refractivity contribution in [3.05, 3.63) is 29.8 Å². The van der Waals surface area contributed by atoms with E-state index in [1.165, 1.54) is 11.3 Å². The number of fused-ring (bicyclic) bond motifs is 1. The average molecular weight is 218 g/mol. The number of nitrogens with one attached hydrogen (secondary N) is 1. The fourth-order valence-electron chi connectivity index (χ4n) is 2.18. The Balaban J connectivity index is 1.97. The summed E-state index contributed by atoms with van der Waals surface area (Å²) in [7, 11) is 0. The van der Waals surface area contributed by atoms with Crippen molar-refractivity contribution in [2.24, 2.45) is 11.1 Å². The standard InChI is InChI=1S/C14H22N2/c1-14(2,3)13(15)9-11-8-10-6-4-5-7-12(10)16-11/h4-7,11,13,16H,8-9,15H2,1-3H3. The van der Waals surface area contributed by atoms with Gasteiger partial charge in [0.1, 0.15) is 0 Å². The van der Waals surface area contributed by atoms with Gasteiger partial charge >= 0.3 is 0 Å². The molecule has 0 saturated heterocycles. The summed E-state index contributed by atoms with van der Waals surface area (Å²) in [6.07, 6.45) is 2.15. The van der Waals surface area contributed by atoms with E-state index in [1.54, 1.807) is 0 Å². The van der Waals surface area contributed by atoms with Crippen LogP contribution in [0.5, 0.6) is 0 Å². The van der Waals surface area contributed by atoms with Crippen molar-refractivity contribution in [1.82, 2.24) is 0 Å². The highest BCUT2D eigenvalue weighted by atomic mass is 15.0. The van der Waals surface area contributed by atoms with E-state index < -0.39 is 0 Å². The van der Waals surface area contributed by atoms with Crippen molar-refractivity contribution in [3.63, 3.8) is 0 Å². The summed E-state index contributed by atoms with van der Waals surface area (Å²) < 4.78 is 0. The minimum Gasteiger partial charge on any atom is -0.382 e. The highest BCUT2D eigenvalue weighted by Crippen LogP contribution is 2.29. The maximum atomic E-state index is 6.23. The Morgan fingerprint density at radius 3 is 2.69 bits per heavy atom. The summed E-state index contributed by atoms with van der Waals surface area (Å²) >= 11 is 0. The van der Waals surface area contributed by atoms with E-state index in [9.17, 15) is 0 Å². The number of hydrogen-bond acceptors (Lipinski definition) is 2. The maximum absolute atomic E-state index is 6.23. The van der Waals surface area contributed by atoms with Crippen LogP contribution in [0.3, 0.4) is 0 Å². The number of nitrogens with two attached hydrogens (primary N) is 1. The lowest BCUT2D eigenvalue weighted by Gasteiger charge is -2.29. The van der Waals surface area contributed by atoms with Crippen LogP contribution < -0.4 is 11.1 Å². The Morgan fingerprint density at radius 2 is 2.06 bits per heavy atom. The Labute approximate surface area is 98.2 Å². The summed E-state index contributed by atoms with van der Waals surface area (Å²) in [5.41, 5.74) is 9.13. The van der Waals surface area contributed by atoms with Gasteiger partial charge in [0.25, 0.3) is 0 Å². The molecule has 0 spiro atoms. The topological polar surface area (TPSA) is 38.0 Å². The van der Waals surface area contributed by atoms with Crippen LogP contribution in [0.15, 0.2) is 24.3 Å². The molecule has 3 N–H and O–H groups in total. The summed E-state index contributed by atoms with van der Waals surface area (Å²) in [5, 5.41) is 3.56.